The number of hydrogen-bond donors (Lipinski definition) is 1. The Morgan fingerprint density at radius 1 is 1.29 bits per heavy atom. The van der Waals surface area contributed by atoms with Gasteiger partial charge in [0.15, 0.2) is 5.76 Å². The summed E-state index contributed by atoms with van der Waals surface area (Å²) in [5.74, 6) is 0.884. The van der Waals surface area contributed by atoms with E-state index in [2.05, 4.69) is 53.6 Å². The molecule has 0 unspecified atom stereocenters. The van der Waals surface area contributed by atoms with Crippen LogP contribution >= 0.6 is 11.3 Å². The summed E-state index contributed by atoms with van der Waals surface area (Å²) >= 11 is 1.68. The maximum Gasteiger partial charge on any atom is 0.151 e. The van der Waals surface area contributed by atoms with Crippen molar-refractivity contribution in [3.8, 4) is 0 Å². The van der Waals surface area contributed by atoms with Gasteiger partial charge in [-0.1, -0.05) is 5.16 Å². The predicted octanol–water partition coefficient (Wildman–Crippen LogP) is 2.96. The zero-order chi connectivity index (χ0) is 15.5. The molecule has 1 N–H and O–H groups in total. The standard InChI is InChI=1S/C15H24N4OS/c1-11-17-13(10-21-11)8-19(5)9-14-6-12(18-20-14)7-16-15(2,3)4/h6,10,16H,7-9H2,1-5H3. The molecule has 6 heteroatoms. The second kappa shape index (κ2) is 6.68. The van der Waals surface area contributed by atoms with Gasteiger partial charge >= 0.3 is 0 Å². The van der Waals surface area contributed by atoms with Crippen molar-refractivity contribution in [3.05, 3.63) is 33.6 Å². The van der Waals surface area contributed by atoms with Gasteiger partial charge in [0.1, 0.15) is 0 Å². The molecule has 0 spiro atoms. The van der Waals surface area contributed by atoms with E-state index in [9.17, 15) is 0 Å². The number of rotatable bonds is 6. The number of hydrogen-bond acceptors (Lipinski definition) is 6. The Balaban J connectivity index is 1.84. The summed E-state index contributed by atoms with van der Waals surface area (Å²) in [7, 11) is 2.06. The maximum absolute atomic E-state index is 5.39. The fourth-order valence-electron chi connectivity index (χ4n) is 1.95. The average molecular weight is 308 g/mol. The van der Waals surface area contributed by atoms with Crippen LogP contribution in [-0.2, 0) is 19.6 Å². The molecule has 2 aromatic rings. The van der Waals surface area contributed by atoms with Crippen LogP contribution in [0.4, 0.5) is 0 Å². The summed E-state index contributed by atoms with van der Waals surface area (Å²) < 4.78 is 5.39. The molecule has 0 aliphatic heterocycles. The van der Waals surface area contributed by atoms with Gasteiger partial charge in [-0.2, -0.15) is 0 Å². The number of aryl methyl sites for hydroxylation is 1. The Morgan fingerprint density at radius 2 is 2.05 bits per heavy atom. The molecule has 2 rings (SSSR count). The van der Waals surface area contributed by atoms with Gasteiger partial charge < -0.3 is 9.84 Å². The van der Waals surface area contributed by atoms with Crippen LogP contribution in [0.25, 0.3) is 0 Å². The fraction of sp³-hybridized carbons (Fsp3) is 0.600. The number of nitrogens with zero attached hydrogens (tertiary/aromatic N) is 3. The van der Waals surface area contributed by atoms with E-state index in [1.54, 1.807) is 11.3 Å². The molecule has 2 heterocycles. The zero-order valence-electron chi connectivity index (χ0n) is 13.4. The lowest BCUT2D eigenvalue weighted by atomic mass is 10.1. The summed E-state index contributed by atoms with van der Waals surface area (Å²) in [6.45, 7) is 10.7. The molecule has 21 heavy (non-hydrogen) atoms. The van der Waals surface area contributed by atoms with Crippen LogP contribution in [-0.4, -0.2) is 27.6 Å². The van der Waals surface area contributed by atoms with Crippen molar-refractivity contribution in [2.45, 2.75) is 52.9 Å². The minimum atomic E-state index is 0.0817. The first-order valence-electron chi connectivity index (χ1n) is 7.11. The van der Waals surface area contributed by atoms with Gasteiger partial charge in [0, 0.05) is 30.1 Å². The molecule has 0 aliphatic carbocycles. The highest BCUT2D eigenvalue weighted by atomic mass is 32.1. The quantitative estimate of drug-likeness (QED) is 0.889. The Labute approximate surface area is 130 Å². The molecular weight excluding hydrogens is 284 g/mol. The normalized spacial score (nSPS) is 12.3. The summed E-state index contributed by atoms with van der Waals surface area (Å²) in [5.41, 5.74) is 2.13. The molecule has 0 saturated heterocycles. The van der Waals surface area contributed by atoms with E-state index in [0.29, 0.717) is 0 Å². The van der Waals surface area contributed by atoms with Crippen molar-refractivity contribution in [1.82, 2.24) is 20.4 Å². The Kier molecular flexibility index (Phi) is 5.13. The van der Waals surface area contributed by atoms with Crippen molar-refractivity contribution in [3.63, 3.8) is 0 Å². The molecule has 0 saturated carbocycles. The highest BCUT2D eigenvalue weighted by Crippen LogP contribution is 2.13. The number of nitrogens with one attached hydrogen (secondary N) is 1. The van der Waals surface area contributed by atoms with Crippen LogP contribution in [0.15, 0.2) is 16.0 Å². The Bertz CT molecular complexity index is 570. The molecule has 116 valence electrons. The second-order valence-corrected chi connectivity index (χ2v) is 7.48. The number of thiazole rings is 1. The summed E-state index contributed by atoms with van der Waals surface area (Å²) in [5, 5.41) is 10.7. The van der Waals surface area contributed by atoms with Crippen molar-refractivity contribution in [1.29, 1.82) is 0 Å². The average Bonchev–Trinajstić information content (AvgIpc) is 2.95. The minimum Gasteiger partial charge on any atom is -0.360 e. The van der Waals surface area contributed by atoms with Crippen LogP contribution in [0.2, 0.25) is 0 Å². The lowest BCUT2D eigenvalue weighted by Crippen LogP contribution is -2.35. The number of aromatic nitrogens is 2. The van der Waals surface area contributed by atoms with E-state index < -0.39 is 0 Å². The van der Waals surface area contributed by atoms with Gasteiger partial charge in [-0.25, -0.2) is 4.98 Å². The third-order valence-electron chi connectivity index (χ3n) is 2.93. The molecule has 0 bridgehead atoms. The first-order valence-corrected chi connectivity index (χ1v) is 7.99. The lowest BCUT2D eigenvalue weighted by molar-refractivity contribution is 0.263. The van der Waals surface area contributed by atoms with E-state index in [0.717, 1.165) is 41.8 Å². The minimum absolute atomic E-state index is 0.0817. The molecule has 5 nitrogen and oxygen atoms in total. The van der Waals surface area contributed by atoms with Gasteiger partial charge in [-0.05, 0) is 34.7 Å². The monoisotopic (exact) mass is 308 g/mol. The maximum atomic E-state index is 5.39. The van der Waals surface area contributed by atoms with Gasteiger partial charge in [-0.3, -0.25) is 4.90 Å². The second-order valence-electron chi connectivity index (χ2n) is 6.42. The van der Waals surface area contributed by atoms with E-state index in [-0.39, 0.29) is 5.54 Å². The Hall–Kier alpha value is -1.24. The third-order valence-corrected chi connectivity index (χ3v) is 3.75. The molecule has 0 atom stereocenters. The largest absolute Gasteiger partial charge is 0.360 e. The Morgan fingerprint density at radius 3 is 2.67 bits per heavy atom. The summed E-state index contributed by atoms with van der Waals surface area (Å²) in [4.78, 5) is 6.65. The molecular formula is C15H24N4OS. The van der Waals surface area contributed by atoms with E-state index in [1.165, 1.54) is 0 Å². The molecule has 2 aromatic heterocycles. The van der Waals surface area contributed by atoms with Gasteiger partial charge in [0.2, 0.25) is 0 Å². The van der Waals surface area contributed by atoms with E-state index in [4.69, 9.17) is 4.52 Å². The molecule has 0 aliphatic rings. The van der Waals surface area contributed by atoms with E-state index >= 15 is 0 Å². The van der Waals surface area contributed by atoms with Gasteiger partial charge in [0.05, 0.1) is 22.9 Å². The molecule has 0 fully saturated rings. The van der Waals surface area contributed by atoms with Crippen LogP contribution in [0.3, 0.4) is 0 Å². The highest BCUT2D eigenvalue weighted by molar-refractivity contribution is 7.09. The smallest absolute Gasteiger partial charge is 0.151 e. The topological polar surface area (TPSA) is 54.2 Å². The first-order chi connectivity index (χ1) is 9.82. The molecule has 0 radical (unpaired) electrons. The van der Waals surface area contributed by atoms with Crippen LogP contribution < -0.4 is 5.32 Å². The van der Waals surface area contributed by atoms with Gasteiger partial charge in [0.25, 0.3) is 0 Å². The zero-order valence-corrected chi connectivity index (χ0v) is 14.3. The molecule has 0 aromatic carbocycles. The third kappa shape index (κ3) is 5.57. The van der Waals surface area contributed by atoms with Crippen molar-refractivity contribution in [2.75, 3.05) is 7.05 Å². The lowest BCUT2D eigenvalue weighted by Gasteiger charge is -2.19. The van der Waals surface area contributed by atoms with Crippen molar-refractivity contribution < 1.29 is 4.52 Å². The van der Waals surface area contributed by atoms with Crippen LogP contribution in [0.1, 0.15) is 42.9 Å². The first kappa shape index (κ1) is 16.1. The highest BCUT2D eigenvalue weighted by Gasteiger charge is 2.12. The van der Waals surface area contributed by atoms with Crippen molar-refractivity contribution >= 4 is 11.3 Å². The van der Waals surface area contributed by atoms with Crippen molar-refractivity contribution in [2.24, 2.45) is 0 Å². The predicted molar refractivity (Wildman–Crippen MR) is 85.1 cm³/mol. The van der Waals surface area contributed by atoms with Crippen LogP contribution in [0.5, 0.6) is 0 Å². The van der Waals surface area contributed by atoms with E-state index in [1.807, 2.05) is 13.0 Å². The van der Waals surface area contributed by atoms with Crippen LogP contribution in [0, 0.1) is 6.92 Å². The van der Waals surface area contributed by atoms with Gasteiger partial charge in [-0.15, -0.1) is 11.3 Å². The SMILES string of the molecule is Cc1nc(CN(C)Cc2cc(CNC(C)(C)C)no2)cs1. The summed E-state index contributed by atoms with van der Waals surface area (Å²) in [6.07, 6.45) is 0. The summed E-state index contributed by atoms with van der Waals surface area (Å²) in [6, 6.07) is 2.02. The molecule has 0 amide bonds. The fourth-order valence-corrected chi connectivity index (χ4v) is 2.55.